The lowest BCUT2D eigenvalue weighted by molar-refractivity contribution is -0.545. The molecular weight excluding hydrogens is 224 g/mol. The van der Waals surface area contributed by atoms with Crippen molar-refractivity contribution in [3.05, 3.63) is 49.1 Å². The van der Waals surface area contributed by atoms with Crippen molar-refractivity contribution >= 4 is 29.2 Å². The van der Waals surface area contributed by atoms with Crippen molar-refractivity contribution in [3.8, 4) is 11.1 Å². The summed E-state index contributed by atoms with van der Waals surface area (Å²) in [7, 11) is 0. The molecule has 0 unspecified atom stereocenters. The van der Waals surface area contributed by atoms with Gasteiger partial charge < -0.3 is 24.8 Å². The number of hydrogen-bond acceptors (Lipinski definition) is 3. The lowest BCUT2D eigenvalue weighted by Gasteiger charge is -2.01. The van der Waals surface area contributed by atoms with Gasteiger partial charge in [0.25, 0.3) is 0 Å². The van der Waals surface area contributed by atoms with Crippen LogP contribution >= 0.6 is 12.2 Å². The average Bonchev–Trinajstić information content (AvgIpc) is 2.30. The summed E-state index contributed by atoms with van der Waals surface area (Å²) in [5.41, 5.74) is 2.26. The van der Waals surface area contributed by atoms with E-state index in [1.165, 1.54) is 0 Å². The van der Waals surface area contributed by atoms with Gasteiger partial charge in [-0.1, -0.05) is 0 Å². The lowest BCUT2D eigenvalue weighted by atomic mass is 10.1. The fourth-order valence-corrected chi connectivity index (χ4v) is 1.53. The molecule has 0 aliphatic heterocycles. The zero-order valence-corrected chi connectivity index (χ0v) is 9.46. The molecule has 0 amide bonds. The van der Waals surface area contributed by atoms with Crippen LogP contribution in [-0.4, -0.2) is 9.30 Å². The minimum absolute atomic E-state index is 0.427. The van der Waals surface area contributed by atoms with Gasteiger partial charge >= 0.3 is 0 Å². The first kappa shape index (κ1) is 10.1. The zero-order chi connectivity index (χ0) is 10.7. The maximum absolute atomic E-state index is 4.89. The van der Waals surface area contributed by atoms with E-state index in [2.05, 4.69) is 4.98 Å². The summed E-state index contributed by atoms with van der Waals surface area (Å²) in [5.74, 6) is 0. The highest BCUT2D eigenvalue weighted by atomic mass is 32.1. The van der Waals surface area contributed by atoms with E-state index in [4.69, 9.17) is 24.8 Å². The van der Waals surface area contributed by atoms with Crippen molar-refractivity contribution in [1.82, 2.24) is 4.98 Å². The molecule has 0 saturated heterocycles. The molecule has 74 valence electrons. The number of rotatable bonds is 1. The predicted molar refractivity (Wildman–Crippen MR) is 65.2 cm³/mol. The van der Waals surface area contributed by atoms with Gasteiger partial charge in [-0.3, -0.25) is 4.98 Å². The van der Waals surface area contributed by atoms with Crippen LogP contribution in [0.5, 0.6) is 0 Å². The predicted octanol–water partition coefficient (Wildman–Crippen LogP) is 1.72. The van der Waals surface area contributed by atoms with Gasteiger partial charge in [-0.05, 0) is 23.3 Å². The number of thiocarbonyl (C=S) groups is 1. The van der Waals surface area contributed by atoms with Crippen molar-refractivity contribution in [2.75, 3.05) is 0 Å². The molecular formula is C11H8N2S2. The summed E-state index contributed by atoms with van der Waals surface area (Å²) in [6, 6.07) is 7.89. The second kappa shape index (κ2) is 4.42. The van der Waals surface area contributed by atoms with Crippen LogP contribution in [-0.2, 0) is 12.6 Å². The van der Waals surface area contributed by atoms with Gasteiger partial charge in [0.2, 0.25) is 0 Å². The fourth-order valence-electron chi connectivity index (χ4n) is 1.28. The molecule has 0 bridgehead atoms. The molecule has 0 aliphatic rings. The summed E-state index contributed by atoms with van der Waals surface area (Å²) >= 11 is 9.78. The van der Waals surface area contributed by atoms with Gasteiger partial charge in [0.1, 0.15) is 4.32 Å². The van der Waals surface area contributed by atoms with Crippen molar-refractivity contribution in [2.45, 2.75) is 0 Å². The van der Waals surface area contributed by atoms with E-state index in [1.807, 2.05) is 36.7 Å². The normalized spacial score (nSPS) is 9.87. The van der Waals surface area contributed by atoms with E-state index in [0.29, 0.717) is 4.32 Å². The Morgan fingerprint density at radius 3 is 2.13 bits per heavy atom. The first-order valence-corrected chi connectivity index (χ1v) is 5.22. The van der Waals surface area contributed by atoms with Gasteiger partial charge in [0, 0.05) is 24.5 Å². The van der Waals surface area contributed by atoms with Crippen molar-refractivity contribution in [3.63, 3.8) is 0 Å². The second-order valence-corrected chi connectivity index (χ2v) is 4.03. The molecule has 2 aromatic heterocycles. The van der Waals surface area contributed by atoms with E-state index in [0.717, 1.165) is 11.1 Å². The Kier molecular flexibility index (Phi) is 2.99. The number of nitrogens with zero attached hydrogens (tertiary/aromatic N) is 2. The Labute approximate surface area is 99.0 Å². The minimum atomic E-state index is 0.427. The van der Waals surface area contributed by atoms with E-state index in [1.54, 1.807) is 17.0 Å². The summed E-state index contributed by atoms with van der Waals surface area (Å²) in [6.07, 6.45) is 7.28. The van der Waals surface area contributed by atoms with Crippen LogP contribution in [0.1, 0.15) is 0 Å². The van der Waals surface area contributed by atoms with Crippen LogP contribution in [0.25, 0.3) is 11.1 Å². The number of aromatic nitrogens is 2. The van der Waals surface area contributed by atoms with Gasteiger partial charge in [0.15, 0.2) is 12.4 Å². The van der Waals surface area contributed by atoms with Crippen molar-refractivity contribution in [1.29, 1.82) is 0 Å². The Morgan fingerprint density at radius 2 is 1.60 bits per heavy atom. The van der Waals surface area contributed by atoms with Crippen molar-refractivity contribution < 1.29 is 4.57 Å². The molecule has 0 aromatic carbocycles. The maximum Gasteiger partial charge on any atom is 0.174 e. The van der Waals surface area contributed by atoms with E-state index in [9.17, 15) is 0 Å². The molecule has 2 heterocycles. The molecule has 0 N–H and O–H groups in total. The topological polar surface area (TPSA) is 16.8 Å². The minimum Gasteiger partial charge on any atom is -0.358 e. The molecule has 2 nitrogen and oxygen atoms in total. The Balaban J connectivity index is 2.36. The van der Waals surface area contributed by atoms with Gasteiger partial charge in [0.05, 0.1) is 0 Å². The highest BCUT2D eigenvalue weighted by Crippen LogP contribution is 2.15. The van der Waals surface area contributed by atoms with Gasteiger partial charge in [-0.2, -0.15) is 4.57 Å². The van der Waals surface area contributed by atoms with Crippen LogP contribution in [0.3, 0.4) is 0 Å². The SMILES string of the molecule is S=C([S-])[n+]1ccc(-c2ccncc2)cc1. The summed E-state index contributed by atoms with van der Waals surface area (Å²) < 4.78 is 2.16. The lowest BCUT2D eigenvalue weighted by Crippen LogP contribution is -2.38. The summed E-state index contributed by atoms with van der Waals surface area (Å²) in [6.45, 7) is 0. The Hall–Kier alpha value is -1.39. The van der Waals surface area contributed by atoms with Crippen LogP contribution in [0.2, 0.25) is 0 Å². The van der Waals surface area contributed by atoms with Gasteiger partial charge in [-0.25, -0.2) is 0 Å². The fraction of sp³-hybridized carbons (Fsp3) is 0. The molecule has 4 heteroatoms. The first-order valence-electron chi connectivity index (χ1n) is 4.40. The molecule has 2 rings (SSSR count). The molecule has 0 atom stereocenters. The third-order valence-corrected chi connectivity index (χ3v) is 2.48. The standard InChI is InChI=1S/C11H8N2S2/c14-11(15)13-7-3-10(4-8-13)9-1-5-12-6-2-9/h1-8H. The van der Waals surface area contributed by atoms with Gasteiger partial charge in [-0.15, -0.1) is 0 Å². The van der Waals surface area contributed by atoms with Crippen molar-refractivity contribution in [2.24, 2.45) is 0 Å². The zero-order valence-electron chi connectivity index (χ0n) is 7.83. The average molecular weight is 232 g/mol. The van der Waals surface area contributed by atoms with Crippen LogP contribution < -0.4 is 4.57 Å². The molecule has 0 fully saturated rings. The smallest absolute Gasteiger partial charge is 0.174 e. The van der Waals surface area contributed by atoms with E-state index in [-0.39, 0.29) is 0 Å². The maximum atomic E-state index is 4.89. The quantitative estimate of drug-likeness (QED) is 0.423. The Morgan fingerprint density at radius 1 is 1.07 bits per heavy atom. The largest absolute Gasteiger partial charge is 0.358 e. The molecule has 0 saturated carbocycles. The van der Waals surface area contributed by atoms with Crippen LogP contribution in [0, 0.1) is 0 Å². The number of pyridine rings is 2. The van der Waals surface area contributed by atoms with E-state index < -0.39 is 0 Å². The summed E-state index contributed by atoms with van der Waals surface area (Å²) in [4.78, 5) is 3.97. The Bertz CT molecular complexity index is 466. The number of hydrogen-bond donors (Lipinski definition) is 0. The molecule has 0 radical (unpaired) electrons. The molecule has 0 spiro atoms. The van der Waals surface area contributed by atoms with Crippen LogP contribution in [0.15, 0.2) is 49.1 Å². The highest BCUT2D eigenvalue weighted by molar-refractivity contribution is 7.99. The third-order valence-electron chi connectivity index (χ3n) is 2.05. The molecule has 15 heavy (non-hydrogen) atoms. The molecule has 0 aliphatic carbocycles. The monoisotopic (exact) mass is 232 g/mol. The summed E-state index contributed by atoms with van der Waals surface area (Å²) in [5, 5.41) is 0. The highest BCUT2D eigenvalue weighted by Gasteiger charge is 2.00. The second-order valence-electron chi connectivity index (χ2n) is 3.00. The molecule has 2 aromatic rings. The third kappa shape index (κ3) is 2.34. The van der Waals surface area contributed by atoms with E-state index >= 15 is 0 Å². The first-order chi connectivity index (χ1) is 7.27. The van der Waals surface area contributed by atoms with Crippen LogP contribution in [0.4, 0.5) is 0 Å².